The molecule has 2 aliphatic heterocycles. The van der Waals surface area contributed by atoms with Gasteiger partial charge in [0, 0.05) is 44.7 Å². The van der Waals surface area contributed by atoms with E-state index in [1.807, 2.05) is 24.3 Å². The molecule has 3 aliphatic rings. The molecule has 0 radical (unpaired) electrons. The standard InChI is InChI=1S/C20H27N3O2/c1-15(24)23-18-10-6-5-9-17(18)19(25)20(23)22-13-11-21(12-14-22)16-7-3-2-4-8-16/h5-6,9-10,16,20H,2-4,7-8,11-14H2,1H3. The van der Waals surface area contributed by atoms with Crippen molar-refractivity contribution in [2.75, 3.05) is 31.1 Å². The number of para-hydroxylation sites is 1. The summed E-state index contributed by atoms with van der Waals surface area (Å²) >= 11 is 0. The maximum atomic E-state index is 12.9. The van der Waals surface area contributed by atoms with Crippen LogP contribution in [0.15, 0.2) is 24.3 Å². The minimum absolute atomic E-state index is 0.0574. The Bertz CT molecular complexity index is 661. The van der Waals surface area contributed by atoms with Crippen LogP contribution in [0.2, 0.25) is 0 Å². The molecule has 1 aliphatic carbocycles. The lowest BCUT2D eigenvalue weighted by Gasteiger charge is -2.43. The molecule has 1 saturated heterocycles. The van der Waals surface area contributed by atoms with E-state index in [-0.39, 0.29) is 11.7 Å². The van der Waals surface area contributed by atoms with Gasteiger partial charge in [-0.05, 0) is 25.0 Å². The van der Waals surface area contributed by atoms with Crippen LogP contribution in [0.5, 0.6) is 0 Å². The van der Waals surface area contributed by atoms with Crippen molar-refractivity contribution in [2.24, 2.45) is 0 Å². The van der Waals surface area contributed by atoms with E-state index in [9.17, 15) is 9.59 Å². The zero-order chi connectivity index (χ0) is 17.4. The van der Waals surface area contributed by atoms with Gasteiger partial charge in [0.15, 0.2) is 6.17 Å². The fourth-order valence-electron chi connectivity index (χ4n) is 4.74. The van der Waals surface area contributed by atoms with Crippen molar-refractivity contribution in [1.29, 1.82) is 0 Å². The first kappa shape index (κ1) is 16.7. The highest BCUT2D eigenvalue weighted by atomic mass is 16.2. The Hall–Kier alpha value is -1.72. The van der Waals surface area contributed by atoms with Crippen LogP contribution >= 0.6 is 0 Å². The number of anilines is 1. The summed E-state index contributed by atoms with van der Waals surface area (Å²) in [7, 11) is 0. The van der Waals surface area contributed by atoms with Gasteiger partial charge in [0.05, 0.1) is 5.69 Å². The highest BCUT2D eigenvalue weighted by Crippen LogP contribution is 2.34. The summed E-state index contributed by atoms with van der Waals surface area (Å²) < 4.78 is 0. The third kappa shape index (κ3) is 3.00. The van der Waals surface area contributed by atoms with Gasteiger partial charge in [-0.1, -0.05) is 31.4 Å². The molecule has 1 amide bonds. The van der Waals surface area contributed by atoms with E-state index in [1.54, 1.807) is 11.8 Å². The number of carbonyl (C=O) groups excluding carboxylic acids is 2. The van der Waals surface area contributed by atoms with Crippen molar-refractivity contribution in [2.45, 2.75) is 51.2 Å². The summed E-state index contributed by atoms with van der Waals surface area (Å²) in [6.45, 7) is 5.25. The summed E-state index contributed by atoms with van der Waals surface area (Å²) in [6.07, 6.45) is 6.24. The zero-order valence-corrected chi connectivity index (χ0v) is 15.0. The highest BCUT2D eigenvalue weighted by Gasteiger charge is 2.43. The lowest BCUT2D eigenvalue weighted by Crippen LogP contribution is -2.59. The van der Waals surface area contributed by atoms with E-state index < -0.39 is 6.17 Å². The SMILES string of the molecule is CC(=O)N1c2ccccc2C(=O)C1N1CCN(C2CCCCC2)CC1. The average Bonchev–Trinajstić information content (AvgIpc) is 2.96. The van der Waals surface area contributed by atoms with Crippen LogP contribution < -0.4 is 4.90 Å². The second-order valence-corrected chi connectivity index (χ2v) is 7.51. The molecule has 134 valence electrons. The number of carbonyl (C=O) groups is 2. The Morgan fingerprint density at radius 1 is 0.960 bits per heavy atom. The first-order chi connectivity index (χ1) is 12.2. The zero-order valence-electron chi connectivity index (χ0n) is 15.0. The van der Waals surface area contributed by atoms with Crippen LogP contribution in [-0.2, 0) is 4.79 Å². The fraction of sp³-hybridized carbons (Fsp3) is 0.600. The minimum atomic E-state index is -0.455. The summed E-state index contributed by atoms with van der Waals surface area (Å²) in [5.41, 5.74) is 1.44. The number of piperazine rings is 1. The maximum absolute atomic E-state index is 12.9. The predicted octanol–water partition coefficient (Wildman–Crippen LogP) is 2.51. The molecule has 5 heteroatoms. The van der Waals surface area contributed by atoms with E-state index in [0.717, 1.165) is 37.9 Å². The monoisotopic (exact) mass is 341 g/mol. The first-order valence-electron chi connectivity index (χ1n) is 9.58. The van der Waals surface area contributed by atoms with Gasteiger partial charge in [-0.25, -0.2) is 0 Å². The van der Waals surface area contributed by atoms with E-state index in [4.69, 9.17) is 0 Å². The van der Waals surface area contributed by atoms with Crippen LogP contribution in [0.25, 0.3) is 0 Å². The second kappa shape index (κ2) is 6.89. The molecule has 1 saturated carbocycles. The number of benzene rings is 1. The number of hydrogen-bond donors (Lipinski definition) is 0. The Morgan fingerprint density at radius 2 is 1.60 bits per heavy atom. The number of nitrogens with zero attached hydrogens (tertiary/aromatic N) is 3. The van der Waals surface area contributed by atoms with Crippen LogP contribution in [0.1, 0.15) is 49.4 Å². The number of fused-ring (bicyclic) bond motifs is 1. The Balaban J connectivity index is 1.49. The molecule has 25 heavy (non-hydrogen) atoms. The summed E-state index contributed by atoms with van der Waals surface area (Å²) in [5.74, 6) is 0.00919. The number of Topliss-reactive ketones (excluding diaryl/α,β-unsaturated/α-hetero) is 1. The summed E-state index contributed by atoms with van der Waals surface area (Å²) in [4.78, 5) is 31.7. The lowest BCUT2D eigenvalue weighted by atomic mass is 9.94. The largest absolute Gasteiger partial charge is 0.298 e. The van der Waals surface area contributed by atoms with E-state index in [1.165, 1.54) is 32.1 Å². The van der Waals surface area contributed by atoms with Crippen molar-refractivity contribution in [3.63, 3.8) is 0 Å². The van der Waals surface area contributed by atoms with Gasteiger partial charge in [-0.3, -0.25) is 24.3 Å². The molecule has 0 aromatic heterocycles. The van der Waals surface area contributed by atoms with E-state index in [0.29, 0.717) is 5.56 Å². The maximum Gasteiger partial charge on any atom is 0.225 e. The summed E-state index contributed by atoms with van der Waals surface area (Å²) in [5, 5.41) is 0. The van der Waals surface area contributed by atoms with Gasteiger partial charge in [0.25, 0.3) is 0 Å². The third-order valence-electron chi connectivity index (χ3n) is 6.03. The number of hydrogen-bond acceptors (Lipinski definition) is 4. The van der Waals surface area contributed by atoms with Gasteiger partial charge < -0.3 is 0 Å². The van der Waals surface area contributed by atoms with E-state index >= 15 is 0 Å². The molecule has 1 unspecified atom stereocenters. The molecule has 1 aromatic carbocycles. The normalized spacial score (nSPS) is 26.0. The number of rotatable bonds is 2. The van der Waals surface area contributed by atoms with E-state index in [2.05, 4.69) is 9.80 Å². The Morgan fingerprint density at radius 3 is 2.28 bits per heavy atom. The second-order valence-electron chi connectivity index (χ2n) is 7.51. The average molecular weight is 341 g/mol. The van der Waals surface area contributed by atoms with Crippen molar-refractivity contribution in [3.05, 3.63) is 29.8 Å². The molecule has 0 spiro atoms. The fourth-order valence-corrected chi connectivity index (χ4v) is 4.74. The molecule has 0 N–H and O–H groups in total. The topological polar surface area (TPSA) is 43.9 Å². The highest BCUT2D eigenvalue weighted by molar-refractivity contribution is 6.17. The lowest BCUT2D eigenvalue weighted by molar-refractivity contribution is -0.117. The predicted molar refractivity (Wildman–Crippen MR) is 97.7 cm³/mol. The van der Waals surface area contributed by atoms with Crippen LogP contribution in [0.4, 0.5) is 5.69 Å². The molecule has 2 fully saturated rings. The van der Waals surface area contributed by atoms with Crippen molar-refractivity contribution < 1.29 is 9.59 Å². The van der Waals surface area contributed by atoms with Crippen LogP contribution in [-0.4, -0.2) is 59.9 Å². The molecule has 1 aromatic rings. The van der Waals surface area contributed by atoms with Gasteiger partial charge in [0.2, 0.25) is 11.7 Å². The number of ketones is 1. The van der Waals surface area contributed by atoms with Gasteiger partial charge >= 0.3 is 0 Å². The van der Waals surface area contributed by atoms with Crippen LogP contribution in [0.3, 0.4) is 0 Å². The van der Waals surface area contributed by atoms with Crippen molar-refractivity contribution >= 4 is 17.4 Å². The molecule has 2 heterocycles. The van der Waals surface area contributed by atoms with Gasteiger partial charge in [-0.2, -0.15) is 0 Å². The molecular formula is C20H27N3O2. The quantitative estimate of drug-likeness (QED) is 0.829. The van der Waals surface area contributed by atoms with Crippen molar-refractivity contribution in [3.8, 4) is 0 Å². The van der Waals surface area contributed by atoms with Crippen LogP contribution in [0, 0.1) is 0 Å². The molecule has 4 rings (SSSR count). The van der Waals surface area contributed by atoms with Gasteiger partial charge in [-0.15, -0.1) is 0 Å². The van der Waals surface area contributed by atoms with Gasteiger partial charge in [0.1, 0.15) is 0 Å². The summed E-state index contributed by atoms with van der Waals surface area (Å²) in [6, 6.07) is 8.21. The molecular weight excluding hydrogens is 314 g/mol. The number of amides is 1. The molecule has 5 nitrogen and oxygen atoms in total. The molecule has 1 atom stereocenters. The Kier molecular flexibility index (Phi) is 4.61. The minimum Gasteiger partial charge on any atom is -0.298 e. The third-order valence-corrected chi connectivity index (χ3v) is 6.03. The Labute approximate surface area is 149 Å². The van der Waals surface area contributed by atoms with Crippen molar-refractivity contribution in [1.82, 2.24) is 9.80 Å². The smallest absolute Gasteiger partial charge is 0.225 e. The first-order valence-corrected chi connectivity index (χ1v) is 9.58. The molecule has 0 bridgehead atoms.